The number of sulfonamides is 1. The summed E-state index contributed by atoms with van der Waals surface area (Å²) in [6.07, 6.45) is 0. The van der Waals surface area contributed by atoms with E-state index in [0.29, 0.717) is 10.2 Å². The lowest BCUT2D eigenvalue weighted by Gasteiger charge is -2.18. The lowest BCUT2D eigenvalue weighted by atomic mass is 10.1. The molecule has 0 aliphatic heterocycles. The Morgan fingerprint density at radius 1 is 1.44 bits per heavy atom. The third-order valence-electron chi connectivity index (χ3n) is 2.25. The molecule has 0 aromatic carbocycles. The molecule has 1 N–H and O–H groups in total. The van der Waals surface area contributed by atoms with Crippen LogP contribution in [0.25, 0.3) is 0 Å². The van der Waals surface area contributed by atoms with E-state index in [-0.39, 0.29) is 16.2 Å². The minimum absolute atomic E-state index is 0.0758. The maximum Gasteiger partial charge on any atom is 0.250 e. The minimum Gasteiger partial charge on any atom is -0.207 e. The normalized spacial score (nSPS) is 16.0. The SMILES string of the molecule is CC(CCl)C(C)NS(=O)(=O)c1ccc(Cl)s1. The summed E-state index contributed by atoms with van der Waals surface area (Å²) < 4.78 is 27.0. The fourth-order valence-corrected chi connectivity index (χ4v) is 4.11. The van der Waals surface area contributed by atoms with Gasteiger partial charge in [0.05, 0.1) is 4.34 Å². The predicted molar refractivity (Wildman–Crippen MR) is 69.0 cm³/mol. The van der Waals surface area contributed by atoms with Gasteiger partial charge < -0.3 is 0 Å². The molecule has 0 amide bonds. The number of hydrogen-bond donors (Lipinski definition) is 1. The highest BCUT2D eigenvalue weighted by Gasteiger charge is 2.22. The van der Waals surface area contributed by atoms with E-state index in [0.717, 1.165) is 11.3 Å². The fourth-order valence-electron chi connectivity index (χ4n) is 0.995. The maximum atomic E-state index is 11.9. The van der Waals surface area contributed by atoms with Crippen LogP contribution < -0.4 is 4.72 Å². The maximum absolute atomic E-state index is 11.9. The van der Waals surface area contributed by atoms with E-state index < -0.39 is 10.0 Å². The quantitative estimate of drug-likeness (QED) is 0.850. The summed E-state index contributed by atoms with van der Waals surface area (Å²) in [7, 11) is -3.47. The van der Waals surface area contributed by atoms with E-state index in [1.54, 1.807) is 13.0 Å². The molecular weight excluding hydrogens is 289 g/mol. The number of alkyl halides is 1. The Morgan fingerprint density at radius 3 is 2.50 bits per heavy atom. The average molecular weight is 302 g/mol. The van der Waals surface area contributed by atoms with Crippen molar-refractivity contribution in [1.29, 1.82) is 0 Å². The van der Waals surface area contributed by atoms with Crippen molar-refractivity contribution in [2.24, 2.45) is 5.92 Å². The molecule has 0 aliphatic rings. The molecule has 1 heterocycles. The van der Waals surface area contributed by atoms with Gasteiger partial charge in [-0.2, -0.15) is 0 Å². The lowest BCUT2D eigenvalue weighted by Crippen LogP contribution is -2.37. The molecule has 0 spiro atoms. The van der Waals surface area contributed by atoms with Gasteiger partial charge in [-0.3, -0.25) is 0 Å². The van der Waals surface area contributed by atoms with E-state index in [4.69, 9.17) is 23.2 Å². The van der Waals surface area contributed by atoms with Crippen LogP contribution in [0.15, 0.2) is 16.3 Å². The van der Waals surface area contributed by atoms with Crippen LogP contribution in [0.5, 0.6) is 0 Å². The number of halogens is 2. The average Bonchev–Trinajstić information content (AvgIpc) is 2.63. The summed E-state index contributed by atoms with van der Waals surface area (Å²) >= 11 is 12.4. The number of nitrogens with one attached hydrogen (secondary N) is 1. The van der Waals surface area contributed by atoms with Crippen molar-refractivity contribution in [2.45, 2.75) is 24.1 Å². The molecule has 0 fully saturated rings. The van der Waals surface area contributed by atoms with Crippen molar-refractivity contribution < 1.29 is 8.42 Å². The summed E-state index contributed by atoms with van der Waals surface area (Å²) in [5, 5.41) is 0. The molecule has 2 unspecified atom stereocenters. The van der Waals surface area contributed by atoms with E-state index in [2.05, 4.69) is 4.72 Å². The van der Waals surface area contributed by atoms with Crippen molar-refractivity contribution in [3.8, 4) is 0 Å². The summed E-state index contributed by atoms with van der Waals surface area (Å²) in [4.78, 5) is 0. The van der Waals surface area contributed by atoms with Crippen molar-refractivity contribution in [3.63, 3.8) is 0 Å². The van der Waals surface area contributed by atoms with E-state index in [1.807, 2.05) is 6.92 Å². The molecule has 1 aromatic rings. The Morgan fingerprint density at radius 2 is 2.06 bits per heavy atom. The summed E-state index contributed by atoms with van der Waals surface area (Å²) in [6, 6.07) is 2.85. The van der Waals surface area contributed by atoms with Crippen molar-refractivity contribution in [2.75, 3.05) is 5.88 Å². The third-order valence-corrected chi connectivity index (χ3v) is 6.02. The van der Waals surface area contributed by atoms with Gasteiger partial charge >= 0.3 is 0 Å². The first-order chi connectivity index (χ1) is 7.36. The van der Waals surface area contributed by atoms with Crippen LogP contribution in [-0.4, -0.2) is 20.3 Å². The number of thiophene rings is 1. The van der Waals surface area contributed by atoms with Gasteiger partial charge in [-0.1, -0.05) is 18.5 Å². The Balaban J connectivity index is 2.80. The second kappa shape index (κ2) is 5.69. The smallest absolute Gasteiger partial charge is 0.207 e. The zero-order valence-corrected chi connectivity index (χ0v) is 12.1. The molecule has 92 valence electrons. The Hall–Kier alpha value is 0.190. The second-order valence-electron chi connectivity index (χ2n) is 3.60. The molecule has 2 atom stereocenters. The summed E-state index contributed by atoms with van der Waals surface area (Å²) in [6.45, 7) is 3.68. The van der Waals surface area contributed by atoms with E-state index in [9.17, 15) is 8.42 Å². The molecule has 1 rings (SSSR count). The van der Waals surface area contributed by atoms with Crippen LogP contribution in [0, 0.1) is 5.92 Å². The summed E-state index contributed by atoms with van der Waals surface area (Å²) in [5.41, 5.74) is 0. The Bertz CT molecular complexity index is 444. The van der Waals surface area contributed by atoms with Gasteiger partial charge in [0.2, 0.25) is 10.0 Å². The van der Waals surface area contributed by atoms with Gasteiger partial charge in [0.25, 0.3) is 0 Å². The predicted octanol–water partition coefficient (Wildman–Crippen LogP) is 2.94. The van der Waals surface area contributed by atoms with Gasteiger partial charge in [0.1, 0.15) is 4.21 Å². The van der Waals surface area contributed by atoms with E-state index >= 15 is 0 Å². The van der Waals surface area contributed by atoms with Crippen LogP contribution in [0.3, 0.4) is 0 Å². The van der Waals surface area contributed by atoms with Crippen molar-refractivity contribution in [1.82, 2.24) is 4.72 Å². The first-order valence-corrected chi connectivity index (χ1v) is 7.91. The number of hydrogen-bond acceptors (Lipinski definition) is 3. The molecule has 16 heavy (non-hydrogen) atoms. The third kappa shape index (κ3) is 3.60. The second-order valence-corrected chi connectivity index (χ2v) is 7.56. The van der Waals surface area contributed by atoms with Gasteiger partial charge in [0.15, 0.2) is 0 Å². The number of rotatable bonds is 5. The zero-order chi connectivity index (χ0) is 12.3. The molecule has 1 aromatic heterocycles. The van der Waals surface area contributed by atoms with E-state index in [1.165, 1.54) is 6.07 Å². The fraction of sp³-hybridized carbons (Fsp3) is 0.556. The molecule has 0 saturated carbocycles. The molecular formula is C9H13Cl2NO2S2. The van der Waals surface area contributed by atoms with Gasteiger partial charge in [-0.25, -0.2) is 13.1 Å². The standard InChI is InChI=1S/C9H13Cl2NO2S2/c1-6(5-10)7(2)12-16(13,14)9-4-3-8(11)15-9/h3-4,6-7,12H,5H2,1-2H3. The summed E-state index contributed by atoms with van der Waals surface area (Å²) in [5.74, 6) is 0.487. The van der Waals surface area contributed by atoms with Crippen LogP contribution in [-0.2, 0) is 10.0 Å². The first kappa shape index (κ1) is 14.3. The van der Waals surface area contributed by atoms with Crippen LogP contribution in [0.1, 0.15) is 13.8 Å². The lowest BCUT2D eigenvalue weighted by molar-refractivity contribution is 0.481. The molecule has 0 aliphatic carbocycles. The van der Waals surface area contributed by atoms with Crippen LogP contribution in [0.4, 0.5) is 0 Å². The van der Waals surface area contributed by atoms with Crippen molar-refractivity contribution in [3.05, 3.63) is 16.5 Å². The highest BCUT2D eigenvalue weighted by molar-refractivity contribution is 7.91. The largest absolute Gasteiger partial charge is 0.250 e. The molecule has 0 radical (unpaired) electrons. The van der Waals surface area contributed by atoms with Gasteiger partial charge in [-0.15, -0.1) is 22.9 Å². The minimum atomic E-state index is -3.47. The van der Waals surface area contributed by atoms with Crippen molar-refractivity contribution >= 4 is 44.6 Å². The van der Waals surface area contributed by atoms with Crippen LogP contribution >= 0.6 is 34.5 Å². The molecule has 0 bridgehead atoms. The Kier molecular flexibility index (Phi) is 5.07. The highest BCUT2D eigenvalue weighted by atomic mass is 35.5. The van der Waals surface area contributed by atoms with Gasteiger partial charge in [-0.05, 0) is 25.0 Å². The topological polar surface area (TPSA) is 46.2 Å². The highest BCUT2D eigenvalue weighted by Crippen LogP contribution is 2.25. The van der Waals surface area contributed by atoms with Gasteiger partial charge in [0, 0.05) is 11.9 Å². The molecule has 3 nitrogen and oxygen atoms in total. The van der Waals surface area contributed by atoms with Crippen LogP contribution in [0.2, 0.25) is 4.34 Å². The first-order valence-electron chi connectivity index (χ1n) is 4.70. The zero-order valence-electron chi connectivity index (χ0n) is 8.91. The molecule has 7 heteroatoms. The Labute approximate surface area is 110 Å². The monoisotopic (exact) mass is 301 g/mol. The molecule has 0 saturated heterocycles.